The highest BCUT2D eigenvalue weighted by molar-refractivity contribution is 7.09. The van der Waals surface area contributed by atoms with Crippen LogP contribution in [0.15, 0.2) is 42.6 Å². The van der Waals surface area contributed by atoms with Crippen LogP contribution < -0.4 is 5.32 Å². The van der Waals surface area contributed by atoms with Crippen molar-refractivity contribution in [3.05, 3.63) is 59.5 Å². The molecule has 2 heterocycles. The Labute approximate surface area is 132 Å². The van der Waals surface area contributed by atoms with Crippen molar-refractivity contribution < 1.29 is 4.79 Å². The van der Waals surface area contributed by atoms with Gasteiger partial charge in [0.2, 0.25) is 5.13 Å². The van der Waals surface area contributed by atoms with E-state index in [9.17, 15) is 4.79 Å². The van der Waals surface area contributed by atoms with Crippen molar-refractivity contribution in [3.8, 4) is 11.3 Å². The molecule has 1 N–H and O–H groups in total. The molecular weight excluding hydrogens is 296 g/mol. The summed E-state index contributed by atoms with van der Waals surface area (Å²) in [5.74, 6) is 0.464. The third kappa shape index (κ3) is 2.87. The highest BCUT2D eigenvalue weighted by atomic mass is 32.1. The molecule has 0 atom stereocenters. The highest BCUT2D eigenvalue weighted by Gasteiger charge is 2.14. The largest absolute Gasteiger partial charge is 0.297 e. The minimum atomic E-state index is -0.188. The summed E-state index contributed by atoms with van der Waals surface area (Å²) in [7, 11) is 0. The Morgan fingerprint density at radius 1 is 1.14 bits per heavy atom. The van der Waals surface area contributed by atoms with E-state index in [1.54, 1.807) is 19.2 Å². The fourth-order valence-electron chi connectivity index (χ4n) is 2.19. The number of amides is 1. The summed E-state index contributed by atoms with van der Waals surface area (Å²) in [5.41, 5.74) is 3.29. The van der Waals surface area contributed by atoms with E-state index >= 15 is 0 Å². The van der Waals surface area contributed by atoms with Gasteiger partial charge in [0.15, 0.2) is 0 Å². The van der Waals surface area contributed by atoms with Crippen molar-refractivity contribution in [2.45, 2.75) is 13.8 Å². The summed E-state index contributed by atoms with van der Waals surface area (Å²) in [6.07, 6.45) is 1.74. The molecule has 0 aliphatic rings. The summed E-state index contributed by atoms with van der Waals surface area (Å²) in [5, 5.41) is 3.29. The van der Waals surface area contributed by atoms with Gasteiger partial charge in [-0.25, -0.2) is 4.98 Å². The van der Waals surface area contributed by atoms with Crippen molar-refractivity contribution in [2.24, 2.45) is 0 Å². The lowest BCUT2D eigenvalue weighted by atomic mass is 9.99. The molecule has 0 bridgehead atoms. The molecule has 22 heavy (non-hydrogen) atoms. The van der Waals surface area contributed by atoms with Crippen LogP contribution in [0.5, 0.6) is 0 Å². The van der Waals surface area contributed by atoms with Gasteiger partial charge in [-0.15, -0.1) is 0 Å². The number of carbonyl (C=O) groups excluding carboxylic acids is 1. The van der Waals surface area contributed by atoms with E-state index < -0.39 is 0 Å². The van der Waals surface area contributed by atoms with Crippen molar-refractivity contribution in [3.63, 3.8) is 0 Å². The predicted octanol–water partition coefficient (Wildman–Crippen LogP) is 3.47. The van der Waals surface area contributed by atoms with Crippen molar-refractivity contribution >= 4 is 22.6 Å². The van der Waals surface area contributed by atoms with Gasteiger partial charge in [0, 0.05) is 28.9 Å². The van der Waals surface area contributed by atoms with Crippen LogP contribution in [0.25, 0.3) is 11.3 Å². The third-order valence-corrected chi connectivity index (χ3v) is 3.99. The average molecular weight is 310 g/mol. The molecule has 2 aromatic heterocycles. The van der Waals surface area contributed by atoms with E-state index in [2.05, 4.69) is 19.7 Å². The maximum Gasteiger partial charge on any atom is 0.257 e. The van der Waals surface area contributed by atoms with Gasteiger partial charge in [-0.1, -0.05) is 18.2 Å². The molecule has 5 nitrogen and oxygen atoms in total. The predicted molar refractivity (Wildman–Crippen MR) is 87.0 cm³/mol. The molecule has 0 unspecified atom stereocenters. The van der Waals surface area contributed by atoms with E-state index in [0.29, 0.717) is 16.5 Å². The number of hydrogen-bond acceptors (Lipinski definition) is 5. The molecule has 3 aromatic rings. The van der Waals surface area contributed by atoms with Gasteiger partial charge in [0.05, 0.1) is 5.69 Å². The Bertz CT molecular complexity index is 814. The minimum absolute atomic E-state index is 0.188. The van der Waals surface area contributed by atoms with Gasteiger partial charge in [-0.3, -0.25) is 15.1 Å². The zero-order valence-corrected chi connectivity index (χ0v) is 13.0. The SMILES string of the molecule is Cc1nsc(NC(=O)c2cccc(-c3ccccn3)c2C)n1. The van der Waals surface area contributed by atoms with Crippen molar-refractivity contribution in [1.82, 2.24) is 14.3 Å². The molecule has 1 aromatic carbocycles. The number of nitrogens with one attached hydrogen (secondary N) is 1. The number of nitrogens with zero attached hydrogens (tertiary/aromatic N) is 3. The Balaban J connectivity index is 1.93. The Hall–Kier alpha value is -2.60. The number of pyridine rings is 1. The first kappa shape index (κ1) is 14.3. The molecule has 0 aliphatic carbocycles. The summed E-state index contributed by atoms with van der Waals surface area (Å²) < 4.78 is 4.06. The van der Waals surface area contributed by atoms with Gasteiger partial charge >= 0.3 is 0 Å². The molecule has 0 aliphatic heterocycles. The standard InChI is InChI=1S/C16H14N4OS/c1-10-12(14-8-3-4-9-17-14)6-5-7-13(10)15(21)19-16-18-11(2)20-22-16/h3-9H,1-2H3,(H,18,19,20,21). The van der Waals surface area contributed by atoms with E-state index in [0.717, 1.165) is 16.8 Å². The molecule has 0 radical (unpaired) electrons. The second-order valence-corrected chi connectivity index (χ2v) is 5.55. The van der Waals surface area contributed by atoms with E-state index in [4.69, 9.17) is 0 Å². The minimum Gasteiger partial charge on any atom is -0.297 e. The number of hydrogen-bond donors (Lipinski definition) is 1. The zero-order valence-electron chi connectivity index (χ0n) is 12.2. The van der Waals surface area contributed by atoms with E-state index in [1.807, 2.05) is 37.3 Å². The lowest BCUT2D eigenvalue weighted by Gasteiger charge is -2.10. The number of aryl methyl sites for hydroxylation is 1. The van der Waals surface area contributed by atoms with Crippen LogP contribution >= 0.6 is 11.5 Å². The van der Waals surface area contributed by atoms with Gasteiger partial charge in [-0.05, 0) is 37.6 Å². The highest BCUT2D eigenvalue weighted by Crippen LogP contribution is 2.24. The number of rotatable bonds is 3. The summed E-state index contributed by atoms with van der Waals surface area (Å²) in [4.78, 5) is 20.9. The fourth-order valence-corrected chi connectivity index (χ4v) is 2.76. The fraction of sp³-hybridized carbons (Fsp3) is 0.125. The van der Waals surface area contributed by atoms with Crippen molar-refractivity contribution in [1.29, 1.82) is 0 Å². The molecular formula is C16H14N4OS. The summed E-state index contributed by atoms with van der Waals surface area (Å²) in [6, 6.07) is 11.3. The second kappa shape index (κ2) is 6.03. The van der Waals surface area contributed by atoms with Gasteiger partial charge in [0.25, 0.3) is 5.91 Å². The summed E-state index contributed by atoms with van der Waals surface area (Å²) in [6.45, 7) is 3.71. The molecule has 0 saturated heterocycles. The van der Waals surface area contributed by atoms with E-state index in [-0.39, 0.29) is 5.91 Å². The Morgan fingerprint density at radius 3 is 2.68 bits per heavy atom. The van der Waals surface area contributed by atoms with Crippen LogP contribution in [0.3, 0.4) is 0 Å². The quantitative estimate of drug-likeness (QED) is 0.804. The number of aromatic nitrogens is 3. The number of anilines is 1. The lowest BCUT2D eigenvalue weighted by molar-refractivity contribution is 0.102. The molecule has 0 saturated carbocycles. The van der Waals surface area contributed by atoms with Crippen molar-refractivity contribution in [2.75, 3.05) is 5.32 Å². The maximum atomic E-state index is 12.4. The van der Waals surface area contributed by atoms with Crippen LogP contribution in [0.1, 0.15) is 21.7 Å². The number of carbonyl (C=O) groups is 1. The molecule has 1 amide bonds. The second-order valence-electron chi connectivity index (χ2n) is 4.79. The average Bonchev–Trinajstić information content (AvgIpc) is 2.93. The molecule has 6 heteroatoms. The Kier molecular flexibility index (Phi) is 3.93. The molecule has 0 spiro atoms. The van der Waals surface area contributed by atoms with Crippen LogP contribution in [-0.2, 0) is 0 Å². The van der Waals surface area contributed by atoms with E-state index in [1.165, 1.54) is 11.5 Å². The van der Waals surface area contributed by atoms with Gasteiger partial charge in [-0.2, -0.15) is 4.37 Å². The summed E-state index contributed by atoms with van der Waals surface area (Å²) >= 11 is 1.17. The molecule has 0 fully saturated rings. The first-order chi connectivity index (χ1) is 10.6. The van der Waals surface area contributed by atoms with Gasteiger partial charge < -0.3 is 0 Å². The van der Waals surface area contributed by atoms with Crippen LogP contribution in [0, 0.1) is 13.8 Å². The number of benzene rings is 1. The first-order valence-electron chi connectivity index (χ1n) is 6.78. The molecule has 110 valence electrons. The van der Waals surface area contributed by atoms with Gasteiger partial charge in [0.1, 0.15) is 5.82 Å². The maximum absolute atomic E-state index is 12.4. The van der Waals surface area contributed by atoms with Crippen LogP contribution in [0.4, 0.5) is 5.13 Å². The van der Waals surface area contributed by atoms with Crippen LogP contribution in [-0.4, -0.2) is 20.2 Å². The normalized spacial score (nSPS) is 10.5. The molecule has 3 rings (SSSR count). The Morgan fingerprint density at radius 2 is 2.00 bits per heavy atom. The van der Waals surface area contributed by atoms with Crippen LogP contribution in [0.2, 0.25) is 0 Å². The smallest absolute Gasteiger partial charge is 0.257 e. The lowest BCUT2D eigenvalue weighted by Crippen LogP contribution is -2.13. The first-order valence-corrected chi connectivity index (χ1v) is 7.55. The third-order valence-electron chi connectivity index (χ3n) is 3.27. The monoisotopic (exact) mass is 310 g/mol. The zero-order chi connectivity index (χ0) is 15.5. The topological polar surface area (TPSA) is 67.8 Å².